The van der Waals surface area contributed by atoms with Gasteiger partial charge in [-0.05, 0) is 37.5 Å². The average molecular weight is 399 g/mol. The summed E-state index contributed by atoms with van der Waals surface area (Å²) in [4.78, 5) is 17.5. The summed E-state index contributed by atoms with van der Waals surface area (Å²) in [5.74, 6) is 0.139. The van der Waals surface area contributed by atoms with E-state index in [4.69, 9.17) is 0 Å². The number of pyridine rings is 1. The van der Waals surface area contributed by atoms with Gasteiger partial charge in [0.1, 0.15) is 0 Å². The van der Waals surface area contributed by atoms with E-state index < -0.39 is 0 Å². The van der Waals surface area contributed by atoms with Crippen molar-refractivity contribution in [1.82, 2.24) is 20.1 Å². The maximum Gasteiger partial charge on any atom is 0.253 e. The van der Waals surface area contributed by atoms with E-state index in [-0.39, 0.29) is 11.8 Å². The number of amides is 1. The second-order valence-corrected chi connectivity index (χ2v) is 7.62. The number of carbonyl (C=O) groups excluding carboxylic acids is 1. The normalized spacial score (nSPS) is 11.2. The Hall–Kier alpha value is -3.47. The Labute approximate surface area is 176 Å². The third-order valence-corrected chi connectivity index (χ3v) is 5.56. The SMILES string of the molecule is Cc1nc2c(cc1C(=O)NCCC(c1ccccc1)c1ccccc1)c(C)nn2C. The molecule has 4 aromatic rings. The molecule has 2 aromatic carbocycles. The van der Waals surface area contributed by atoms with Gasteiger partial charge in [-0.2, -0.15) is 5.10 Å². The summed E-state index contributed by atoms with van der Waals surface area (Å²) in [6.45, 7) is 4.38. The number of benzene rings is 2. The van der Waals surface area contributed by atoms with Gasteiger partial charge in [0.15, 0.2) is 5.65 Å². The predicted molar refractivity (Wildman–Crippen MR) is 120 cm³/mol. The monoisotopic (exact) mass is 398 g/mol. The second kappa shape index (κ2) is 8.49. The topological polar surface area (TPSA) is 59.8 Å². The zero-order valence-electron chi connectivity index (χ0n) is 17.6. The Kier molecular flexibility index (Phi) is 5.61. The first-order valence-electron chi connectivity index (χ1n) is 10.2. The first kappa shape index (κ1) is 19.8. The fraction of sp³-hybridized carbons (Fsp3) is 0.240. The van der Waals surface area contributed by atoms with Crippen LogP contribution in [0.5, 0.6) is 0 Å². The van der Waals surface area contributed by atoms with E-state index in [1.807, 2.05) is 39.1 Å². The first-order chi connectivity index (χ1) is 14.5. The minimum Gasteiger partial charge on any atom is -0.352 e. The van der Waals surface area contributed by atoms with Crippen molar-refractivity contribution in [2.75, 3.05) is 6.54 Å². The Morgan fingerprint density at radius 2 is 1.57 bits per heavy atom. The van der Waals surface area contributed by atoms with E-state index in [1.54, 1.807) is 4.68 Å². The number of aryl methyl sites for hydroxylation is 3. The summed E-state index contributed by atoms with van der Waals surface area (Å²) in [6.07, 6.45) is 0.820. The molecular formula is C25H26N4O. The lowest BCUT2D eigenvalue weighted by molar-refractivity contribution is 0.0952. The summed E-state index contributed by atoms with van der Waals surface area (Å²) in [5, 5.41) is 8.42. The van der Waals surface area contributed by atoms with Crippen molar-refractivity contribution in [2.45, 2.75) is 26.2 Å². The molecule has 0 saturated carbocycles. The van der Waals surface area contributed by atoms with Gasteiger partial charge in [0, 0.05) is 24.9 Å². The zero-order chi connectivity index (χ0) is 21.1. The summed E-state index contributed by atoms with van der Waals surface area (Å²) in [5.41, 5.74) is 5.50. The summed E-state index contributed by atoms with van der Waals surface area (Å²) >= 11 is 0. The van der Waals surface area contributed by atoms with Crippen LogP contribution in [0.2, 0.25) is 0 Å². The van der Waals surface area contributed by atoms with Gasteiger partial charge in [-0.1, -0.05) is 60.7 Å². The molecular weight excluding hydrogens is 372 g/mol. The van der Waals surface area contributed by atoms with Crippen LogP contribution in [0.25, 0.3) is 11.0 Å². The largest absolute Gasteiger partial charge is 0.352 e. The number of aromatic nitrogens is 3. The summed E-state index contributed by atoms with van der Waals surface area (Å²) in [7, 11) is 1.87. The zero-order valence-corrected chi connectivity index (χ0v) is 17.6. The first-order valence-corrected chi connectivity index (χ1v) is 10.2. The van der Waals surface area contributed by atoms with Gasteiger partial charge in [-0.3, -0.25) is 9.48 Å². The smallest absolute Gasteiger partial charge is 0.253 e. The highest BCUT2D eigenvalue weighted by molar-refractivity contribution is 5.98. The lowest BCUT2D eigenvalue weighted by Gasteiger charge is -2.18. The highest BCUT2D eigenvalue weighted by Gasteiger charge is 2.17. The van der Waals surface area contributed by atoms with Crippen LogP contribution >= 0.6 is 0 Å². The van der Waals surface area contributed by atoms with Gasteiger partial charge in [-0.25, -0.2) is 4.98 Å². The van der Waals surface area contributed by atoms with E-state index in [0.717, 1.165) is 23.1 Å². The van der Waals surface area contributed by atoms with Gasteiger partial charge in [0.25, 0.3) is 5.91 Å². The number of nitrogens with zero attached hydrogens (tertiary/aromatic N) is 3. The van der Waals surface area contributed by atoms with Crippen LogP contribution in [0.1, 0.15) is 45.2 Å². The molecule has 0 radical (unpaired) electrons. The van der Waals surface area contributed by atoms with Crippen molar-refractivity contribution in [1.29, 1.82) is 0 Å². The standard InChI is InChI=1S/C25H26N4O/c1-17-23(16-22-18(2)28-29(3)24(22)27-17)25(30)26-15-14-21(19-10-6-4-7-11-19)20-12-8-5-9-13-20/h4-13,16,21H,14-15H2,1-3H3,(H,26,30). The molecule has 0 fully saturated rings. The minimum absolute atomic E-state index is 0.0926. The van der Waals surface area contributed by atoms with Crippen molar-refractivity contribution in [3.63, 3.8) is 0 Å². The summed E-state index contributed by atoms with van der Waals surface area (Å²) in [6, 6.07) is 22.8. The van der Waals surface area contributed by atoms with Gasteiger partial charge in [-0.15, -0.1) is 0 Å². The molecule has 1 N–H and O–H groups in total. The Bertz CT molecular complexity index is 1130. The Balaban J connectivity index is 1.51. The van der Waals surface area contributed by atoms with Crippen molar-refractivity contribution in [3.8, 4) is 0 Å². The van der Waals surface area contributed by atoms with E-state index >= 15 is 0 Å². The molecule has 4 rings (SSSR count). The van der Waals surface area contributed by atoms with Gasteiger partial charge in [0.05, 0.1) is 17.0 Å². The molecule has 2 aromatic heterocycles. The molecule has 5 nitrogen and oxygen atoms in total. The van der Waals surface area contributed by atoms with Crippen molar-refractivity contribution >= 4 is 16.9 Å². The quantitative estimate of drug-likeness (QED) is 0.519. The van der Waals surface area contributed by atoms with Crippen molar-refractivity contribution in [3.05, 3.63) is 94.8 Å². The molecule has 1 amide bonds. The highest BCUT2D eigenvalue weighted by Crippen LogP contribution is 2.27. The molecule has 0 saturated heterocycles. The number of carbonyl (C=O) groups is 1. The summed E-state index contributed by atoms with van der Waals surface area (Å²) < 4.78 is 1.75. The molecule has 30 heavy (non-hydrogen) atoms. The maximum atomic E-state index is 12.9. The van der Waals surface area contributed by atoms with Crippen LogP contribution in [0.4, 0.5) is 0 Å². The third-order valence-electron chi connectivity index (χ3n) is 5.56. The number of hydrogen-bond donors (Lipinski definition) is 1. The molecule has 0 bridgehead atoms. The molecule has 5 heteroatoms. The molecule has 152 valence electrons. The molecule has 0 unspecified atom stereocenters. The lowest BCUT2D eigenvalue weighted by Crippen LogP contribution is -2.26. The number of fused-ring (bicyclic) bond motifs is 1. The van der Waals surface area contributed by atoms with Gasteiger partial charge in [0.2, 0.25) is 0 Å². The molecule has 0 aliphatic heterocycles. The molecule has 0 aliphatic rings. The highest BCUT2D eigenvalue weighted by atomic mass is 16.1. The number of nitrogens with one attached hydrogen (secondary N) is 1. The van der Waals surface area contributed by atoms with Crippen molar-refractivity contribution in [2.24, 2.45) is 7.05 Å². The minimum atomic E-state index is -0.0926. The maximum absolute atomic E-state index is 12.9. The van der Waals surface area contributed by atoms with Gasteiger partial charge < -0.3 is 5.32 Å². The van der Waals surface area contributed by atoms with E-state index in [9.17, 15) is 4.79 Å². The van der Waals surface area contributed by atoms with E-state index in [0.29, 0.717) is 17.8 Å². The van der Waals surface area contributed by atoms with Crippen LogP contribution in [0.3, 0.4) is 0 Å². The van der Waals surface area contributed by atoms with Crippen LogP contribution in [-0.2, 0) is 7.05 Å². The second-order valence-electron chi connectivity index (χ2n) is 7.62. The fourth-order valence-corrected chi connectivity index (χ4v) is 3.98. The lowest BCUT2D eigenvalue weighted by atomic mass is 9.88. The number of rotatable bonds is 6. The van der Waals surface area contributed by atoms with Crippen LogP contribution < -0.4 is 5.32 Å². The Morgan fingerprint density at radius 1 is 0.967 bits per heavy atom. The van der Waals surface area contributed by atoms with Crippen molar-refractivity contribution < 1.29 is 4.79 Å². The molecule has 0 spiro atoms. The molecule has 0 atom stereocenters. The van der Waals surface area contributed by atoms with Gasteiger partial charge >= 0.3 is 0 Å². The van der Waals surface area contributed by atoms with Crippen LogP contribution in [-0.4, -0.2) is 27.2 Å². The third kappa shape index (κ3) is 3.96. The average Bonchev–Trinajstić information content (AvgIpc) is 3.04. The van der Waals surface area contributed by atoms with Crippen LogP contribution in [0.15, 0.2) is 66.7 Å². The number of hydrogen-bond acceptors (Lipinski definition) is 3. The predicted octanol–water partition coefficient (Wildman–Crippen LogP) is 4.54. The molecule has 0 aliphatic carbocycles. The van der Waals surface area contributed by atoms with E-state index in [1.165, 1.54) is 11.1 Å². The van der Waals surface area contributed by atoms with Crippen LogP contribution in [0, 0.1) is 13.8 Å². The Morgan fingerprint density at radius 3 is 2.17 bits per heavy atom. The fourth-order valence-electron chi connectivity index (χ4n) is 3.98. The molecule has 2 heterocycles. The van der Waals surface area contributed by atoms with E-state index in [2.05, 4.69) is 63.9 Å².